The van der Waals surface area contributed by atoms with E-state index in [1.165, 1.54) is 23.6 Å². The molecule has 0 aliphatic carbocycles. The number of rotatable bonds is 6. The van der Waals surface area contributed by atoms with Crippen LogP contribution in [0, 0.1) is 5.92 Å². The van der Waals surface area contributed by atoms with Crippen LogP contribution in [0.1, 0.15) is 18.4 Å². The van der Waals surface area contributed by atoms with E-state index in [1.807, 2.05) is 0 Å². The highest BCUT2D eigenvalue weighted by Crippen LogP contribution is 2.35. The predicted octanol–water partition coefficient (Wildman–Crippen LogP) is 3.59. The Bertz CT molecular complexity index is 972. The Morgan fingerprint density at radius 2 is 1.77 bits per heavy atom. The van der Waals surface area contributed by atoms with Gasteiger partial charge in [0.1, 0.15) is 10.3 Å². The molecule has 1 aliphatic rings. The highest BCUT2D eigenvalue weighted by Gasteiger charge is 2.35. The molecule has 0 spiro atoms. The van der Waals surface area contributed by atoms with Crippen molar-refractivity contribution in [3.63, 3.8) is 0 Å². The molecule has 1 saturated heterocycles. The third-order valence-electron chi connectivity index (χ3n) is 4.80. The second kappa shape index (κ2) is 9.65. The second-order valence-corrected chi connectivity index (χ2v) is 9.55. The minimum absolute atomic E-state index is 0. The van der Waals surface area contributed by atoms with Gasteiger partial charge in [0.25, 0.3) is 10.0 Å². The number of sulfonamides is 1. The number of alkyl halides is 3. The summed E-state index contributed by atoms with van der Waals surface area (Å²) in [4.78, 5) is 11.7. The maximum atomic E-state index is 12.9. The summed E-state index contributed by atoms with van der Waals surface area (Å²) in [7, 11) is -4.18. The lowest BCUT2D eigenvalue weighted by atomic mass is 9.91. The quantitative estimate of drug-likeness (QED) is 0.582. The summed E-state index contributed by atoms with van der Waals surface area (Å²) in [5.74, 6) is -1.61. The summed E-state index contributed by atoms with van der Waals surface area (Å²) >= 11 is 0.883. The zero-order valence-corrected chi connectivity index (χ0v) is 17.9. The zero-order chi connectivity index (χ0) is 21.2. The Morgan fingerprint density at radius 1 is 1.17 bits per heavy atom. The minimum atomic E-state index is -4.49. The minimum Gasteiger partial charge on any atom is -0.480 e. The van der Waals surface area contributed by atoms with Crippen molar-refractivity contribution in [2.45, 2.75) is 29.3 Å². The van der Waals surface area contributed by atoms with Crippen molar-refractivity contribution in [2.75, 3.05) is 13.1 Å². The number of hydrogen-bond acceptors (Lipinski definition) is 5. The normalized spacial score (nSPS) is 16.6. The van der Waals surface area contributed by atoms with Gasteiger partial charge in [-0.05, 0) is 61.0 Å². The zero-order valence-electron chi connectivity index (χ0n) is 15.5. The Labute approximate surface area is 182 Å². The van der Waals surface area contributed by atoms with Crippen molar-refractivity contribution in [1.29, 1.82) is 0 Å². The average molecular weight is 485 g/mol. The molecule has 6 nitrogen and oxygen atoms in total. The van der Waals surface area contributed by atoms with Crippen LogP contribution >= 0.6 is 23.7 Å². The van der Waals surface area contributed by atoms with Gasteiger partial charge in [0, 0.05) is 5.56 Å². The SMILES string of the molecule is Cl.O=C(O)[C@H](NS(=O)(=O)c1sccc1-c1ccc(C(F)(F)F)cc1)C1CCNCC1. The van der Waals surface area contributed by atoms with Crippen LogP contribution in [0.4, 0.5) is 13.2 Å². The Morgan fingerprint density at radius 3 is 2.30 bits per heavy atom. The molecule has 0 saturated carbocycles. The lowest BCUT2D eigenvalue weighted by Crippen LogP contribution is -2.48. The molecule has 0 bridgehead atoms. The van der Waals surface area contributed by atoms with Crippen molar-refractivity contribution in [3.8, 4) is 11.1 Å². The van der Waals surface area contributed by atoms with Crippen molar-refractivity contribution < 1.29 is 31.5 Å². The highest BCUT2D eigenvalue weighted by molar-refractivity contribution is 7.91. The number of thiophene rings is 1. The van der Waals surface area contributed by atoms with Gasteiger partial charge in [-0.15, -0.1) is 23.7 Å². The van der Waals surface area contributed by atoms with Gasteiger partial charge in [-0.3, -0.25) is 4.79 Å². The highest BCUT2D eigenvalue weighted by atomic mass is 35.5. The lowest BCUT2D eigenvalue weighted by Gasteiger charge is -2.28. The molecule has 1 aliphatic heterocycles. The van der Waals surface area contributed by atoms with E-state index in [0.717, 1.165) is 23.5 Å². The third kappa shape index (κ3) is 5.52. The maximum absolute atomic E-state index is 12.9. The number of benzene rings is 1. The molecule has 0 radical (unpaired) electrons. The fourth-order valence-corrected chi connectivity index (χ4v) is 5.97. The molecule has 30 heavy (non-hydrogen) atoms. The summed E-state index contributed by atoms with van der Waals surface area (Å²) in [6, 6.07) is 4.38. The van der Waals surface area contributed by atoms with Crippen LogP contribution in [0.5, 0.6) is 0 Å². The first kappa shape index (κ1) is 24.6. The number of piperidine rings is 1. The van der Waals surface area contributed by atoms with Crippen LogP contribution in [-0.4, -0.2) is 38.6 Å². The summed E-state index contributed by atoms with van der Waals surface area (Å²) in [5, 5.41) is 14.1. The summed E-state index contributed by atoms with van der Waals surface area (Å²) in [5.41, 5.74) is -0.310. The lowest BCUT2D eigenvalue weighted by molar-refractivity contribution is -0.140. The first-order chi connectivity index (χ1) is 13.6. The van der Waals surface area contributed by atoms with Gasteiger partial charge in [0.05, 0.1) is 5.56 Å². The third-order valence-corrected chi connectivity index (χ3v) is 7.73. The summed E-state index contributed by atoms with van der Waals surface area (Å²) in [6.07, 6.45) is -3.45. The van der Waals surface area contributed by atoms with Crippen LogP contribution in [0.3, 0.4) is 0 Å². The largest absolute Gasteiger partial charge is 0.480 e. The molecule has 0 amide bonds. The van der Waals surface area contributed by atoms with Gasteiger partial charge >= 0.3 is 12.1 Å². The van der Waals surface area contributed by atoms with Crippen LogP contribution in [0.25, 0.3) is 11.1 Å². The van der Waals surface area contributed by atoms with E-state index in [4.69, 9.17) is 0 Å². The molecule has 1 fully saturated rings. The van der Waals surface area contributed by atoms with E-state index in [9.17, 15) is 31.5 Å². The molecule has 1 aromatic heterocycles. The molecule has 2 aromatic rings. The number of carboxylic acids is 1. The predicted molar refractivity (Wildman–Crippen MR) is 109 cm³/mol. The number of halogens is 4. The first-order valence-electron chi connectivity index (χ1n) is 8.80. The monoisotopic (exact) mass is 484 g/mol. The molecule has 0 unspecified atom stereocenters. The van der Waals surface area contributed by atoms with E-state index in [1.54, 1.807) is 0 Å². The van der Waals surface area contributed by atoms with Crippen LogP contribution in [0.15, 0.2) is 39.9 Å². The molecular weight excluding hydrogens is 465 g/mol. The average Bonchev–Trinajstić information content (AvgIpc) is 3.17. The topological polar surface area (TPSA) is 95.5 Å². The van der Waals surface area contributed by atoms with Gasteiger partial charge in [0.15, 0.2) is 0 Å². The molecule has 3 N–H and O–H groups in total. The first-order valence-corrected chi connectivity index (χ1v) is 11.2. The van der Waals surface area contributed by atoms with E-state index >= 15 is 0 Å². The van der Waals surface area contributed by atoms with Crippen molar-refractivity contribution in [1.82, 2.24) is 10.0 Å². The Hall–Kier alpha value is -1.66. The van der Waals surface area contributed by atoms with Gasteiger partial charge in [-0.2, -0.15) is 17.9 Å². The molecule has 1 aromatic carbocycles. The fourth-order valence-electron chi connectivity index (χ4n) is 3.30. The number of hydrogen-bond donors (Lipinski definition) is 3. The van der Waals surface area contributed by atoms with Gasteiger partial charge in [-0.1, -0.05) is 12.1 Å². The molecule has 1 atom stereocenters. The van der Waals surface area contributed by atoms with E-state index in [2.05, 4.69) is 10.0 Å². The van der Waals surface area contributed by atoms with Crippen molar-refractivity contribution in [3.05, 3.63) is 41.3 Å². The Kier molecular flexibility index (Phi) is 7.91. The van der Waals surface area contributed by atoms with Crippen molar-refractivity contribution in [2.24, 2.45) is 5.92 Å². The van der Waals surface area contributed by atoms with E-state index in [0.29, 0.717) is 31.5 Å². The second-order valence-electron chi connectivity index (χ2n) is 6.72. The van der Waals surface area contributed by atoms with Gasteiger partial charge in [0.2, 0.25) is 0 Å². The van der Waals surface area contributed by atoms with Crippen LogP contribution in [0.2, 0.25) is 0 Å². The standard InChI is InChI=1S/C18H19F3N2O4S2.ClH/c19-18(20,21)13-3-1-11(2-4-13)14-7-10-28-17(14)29(26,27)23-15(16(24)25)12-5-8-22-9-6-12;/h1-4,7,10,12,15,22-23H,5-6,8-9H2,(H,24,25);1H/t15-;/m1./s1. The summed E-state index contributed by atoms with van der Waals surface area (Å²) < 4.78 is 66.3. The van der Waals surface area contributed by atoms with Gasteiger partial charge in [-0.25, -0.2) is 8.42 Å². The number of nitrogens with one attached hydrogen (secondary N) is 2. The molecular formula is C18H20ClF3N2O4S2. The van der Waals surface area contributed by atoms with Gasteiger partial charge < -0.3 is 10.4 Å². The van der Waals surface area contributed by atoms with Crippen molar-refractivity contribution >= 4 is 39.7 Å². The van der Waals surface area contributed by atoms with E-state index in [-0.39, 0.29) is 28.1 Å². The fraction of sp³-hybridized carbons (Fsp3) is 0.389. The summed E-state index contributed by atoms with van der Waals surface area (Å²) in [6.45, 7) is 1.21. The van der Waals surface area contributed by atoms with E-state index < -0.39 is 33.8 Å². The molecule has 2 heterocycles. The molecule has 12 heteroatoms. The number of carboxylic acid groups (broad SMARTS) is 1. The molecule has 3 rings (SSSR count). The van der Waals surface area contributed by atoms with Crippen LogP contribution in [-0.2, 0) is 21.0 Å². The number of aliphatic carboxylic acids is 1. The van der Waals surface area contributed by atoms with Crippen LogP contribution < -0.4 is 10.0 Å². The smallest absolute Gasteiger partial charge is 0.416 e. The molecule has 166 valence electrons. The maximum Gasteiger partial charge on any atom is 0.416 e. The Balaban J connectivity index is 0.00000320. The number of carbonyl (C=O) groups is 1.